The maximum Gasteiger partial charge on any atom is 0.237 e. The summed E-state index contributed by atoms with van der Waals surface area (Å²) in [5.74, 6) is 0.0408. The maximum atomic E-state index is 11.6. The molecule has 1 fully saturated rings. The first-order chi connectivity index (χ1) is 7.99. The highest BCUT2D eigenvalue weighted by Gasteiger charge is 2.25. The molecule has 0 spiro atoms. The fourth-order valence-electron chi connectivity index (χ4n) is 1.44. The average molecular weight is 241 g/mol. The predicted octanol–water partition coefficient (Wildman–Crippen LogP) is 0.158. The van der Waals surface area contributed by atoms with E-state index in [1.807, 2.05) is 20.8 Å². The smallest absolute Gasteiger partial charge is 0.237 e. The summed E-state index contributed by atoms with van der Waals surface area (Å²) >= 11 is 0. The third-order valence-corrected chi connectivity index (χ3v) is 2.57. The van der Waals surface area contributed by atoms with Gasteiger partial charge >= 0.3 is 0 Å². The fraction of sp³-hybridized carbons (Fsp3) is 0.833. The van der Waals surface area contributed by atoms with E-state index in [0.717, 1.165) is 12.8 Å². The van der Waals surface area contributed by atoms with Crippen molar-refractivity contribution in [2.75, 3.05) is 6.54 Å². The molecule has 1 saturated carbocycles. The Kier molecular flexibility index (Phi) is 5.41. The van der Waals surface area contributed by atoms with Crippen LogP contribution in [-0.2, 0) is 9.59 Å². The van der Waals surface area contributed by atoms with Crippen molar-refractivity contribution in [1.29, 1.82) is 0 Å². The second kappa shape index (κ2) is 6.59. The Morgan fingerprint density at radius 2 is 1.88 bits per heavy atom. The van der Waals surface area contributed by atoms with Gasteiger partial charge in [0.05, 0.1) is 6.04 Å². The highest BCUT2D eigenvalue weighted by Crippen LogP contribution is 2.18. The number of nitrogens with one attached hydrogen (secondary N) is 3. The van der Waals surface area contributed by atoms with Crippen LogP contribution >= 0.6 is 0 Å². The molecular weight excluding hydrogens is 218 g/mol. The monoisotopic (exact) mass is 241 g/mol. The van der Waals surface area contributed by atoms with Crippen molar-refractivity contribution in [3.05, 3.63) is 0 Å². The number of rotatable bonds is 7. The lowest BCUT2D eigenvalue weighted by Gasteiger charge is -2.14. The molecule has 98 valence electrons. The zero-order chi connectivity index (χ0) is 12.8. The van der Waals surface area contributed by atoms with Gasteiger partial charge in [0.2, 0.25) is 11.8 Å². The van der Waals surface area contributed by atoms with Gasteiger partial charge in [-0.05, 0) is 33.6 Å². The summed E-state index contributed by atoms with van der Waals surface area (Å²) in [5, 5.41) is 8.78. The number of carbonyl (C=O) groups is 2. The van der Waals surface area contributed by atoms with Crippen LogP contribution in [0.2, 0.25) is 0 Å². The summed E-state index contributed by atoms with van der Waals surface area (Å²) in [7, 11) is 0. The zero-order valence-electron chi connectivity index (χ0n) is 10.9. The summed E-state index contributed by atoms with van der Waals surface area (Å²) in [6, 6.07) is 0.316. The van der Waals surface area contributed by atoms with Crippen molar-refractivity contribution in [2.45, 2.75) is 58.2 Å². The third-order valence-electron chi connectivity index (χ3n) is 2.57. The largest absolute Gasteiger partial charge is 0.354 e. The summed E-state index contributed by atoms with van der Waals surface area (Å²) in [4.78, 5) is 22.9. The van der Waals surface area contributed by atoms with Gasteiger partial charge in [-0.2, -0.15) is 0 Å². The molecule has 1 atom stereocenters. The summed E-state index contributed by atoms with van der Waals surface area (Å²) in [5.41, 5.74) is 0. The minimum absolute atomic E-state index is 0.0160. The lowest BCUT2D eigenvalue weighted by Crippen LogP contribution is -2.44. The van der Waals surface area contributed by atoms with E-state index in [0.29, 0.717) is 19.0 Å². The molecule has 5 nitrogen and oxygen atoms in total. The molecular formula is C12H23N3O2. The second-order valence-electron chi connectivity index (χ2n) is 4.93. The van der Waals surface area contributed by atoms with E-state index >= 15 is 0 Å². The Morgan fingerprint density at radius 1 is 1.24 bits per heavy atom. The van der Waals surface area contributed by atoms with Crippen LogP contribution < -0.4 is 16.0 Å². The minimum Gasteiger partial charge on any atom is -0.354 e. The van der Waals surface area contributed by atoms with Crippen molar-refractivity contribution in [3.63, 3.8) is 0 Å². The van der Waals surface area contributed by atoms with Crippen molar-refractivity contribution in [3.8, 4) is 0 Å². The van der Waals surface area contributed by atoms with Gasteiger partial charge in [0.1, 0.15) is 0 Å². The highest BCUT2D eigenvalue weighted by molar-refractivity contribution is 5.82. The van der Waals surface area contributed by atoms with E-state index in [9.17, 15) is 9.59 Å². The number of hydrogen-bond donors (Lipinski definition) is 3. The van der Waals surface area contributed by atoms with Crippen LogP contribution in [0.1, 0.15) is 40.0 Å². The average Bonchev–Trinajstić information content (AvgIpc) is 3.00. The lowest BCUT2D eigenvalue weighted by molar-refractivity contribution is -0.124. The Morgan fingerprint density at radius 3 is 2.41 bits per heavy atom. The molecule has 2 amide bonds. The van der Waals surface area contributed by atoms with E-state index < -0.39 is 0 Å². The first kappa shape index (κ1) is 14.0. The molecule has 1 rings (SSSR count). The number of hydrogen-bond acceptors (Lipinski definition) is 3. The van der Waals surface area contributed by atoms with E-state index in [1.165, 1.54) is 0 Å². The molecule has 0 aromatic heterocycles. The summed E-state index contributed by atoms with van der Waals surface area (Å²) in [6.45, 7) is 6.20. The molecule has 0 aromatic rings. The standard InChI is InChI=1S/C12H23N3O2/c1-8(2)14-11(16)6-7-13-9(3)12(17)15-10-4-5-10/h8-10,13H,4-7H2,1-3H3,(H,14,16)(H,15,17). The van der Waals surface area contributed by atoms with E-state index in [-0.39, 0.29) is 23.9 Å². The van der Waals surface area contributed by atoms with Crippen LogP contribution in [-0.4, -0.2) is 36.5 Å². The molecule has 0 aliphatic heterocycles. The summed E-state index contributed by atoms with van der Waals surface area (Å²) in [6.07, 6.45) is 2.59. The van der Waals surface area contributed by atoms with Crippen molar-refractivity contribution >= 4 is 11.8 Å². The number of carbonyl (C=O) groups excluding carboxylic acids is 2. The highest BCUT2D eigenvalue weighted by atomic mass is 16.2. The molecule has 1 unspecified atom stereocenters. The van der Waals surface area contributed by atoms with Crippen molar-refractivity contribution < 1.29 is 9.59 Å². The molecule has 1 aliphatic rings. The van der Waals surface area contributed by atoms with Gasteiger partial charge in [0.15, 0.2) is 0 Å². The molecule has 0 heterocycles. The van der Waals surface area contributed by atoms with Crippen molar-refractivity contribution in [2.24, 2.45) is 0 Å². The van der Waals surface area contributed by atoms with Gasteiger partial charge in [-0.15, -0.1) is 0 Å². The lowest BCUT2D eigenvalue weighted by atomic mass is 10.3. The van der Waals surface area contributed by atoms with E-state index in [4.69, 9.17) is 0 Å². The number of amides is 2. The minimum atomic E-state index is -0.234. The Balaban J connectivity index is 2.08. The quantitative estimate of drug-likeness (QED) is 0.594. The van der Waals surface area contributed by atoms with E-state index in [1.54, 1.807) is 0 Å². The predicted molar refractivity (Wildman–Crippen MR) is 66.5 cm³/mol. The topological polar surface area (TPSA) is 70.2 Å². The first-order valence-electron chi connectivity index (χ1n) is 6.32. The Labute approximate surface area is 103 Å². The van der Waals surface area contributed by atoms with E-state index in [2.05, 4.69) is 16.0 Å². The molecule has 1 aliphatic carbocycles. The zero-order valence-corrected chi connectivity index (χ0v) is 10.9. The molecule has 0 saturated heterocycles. The summed E-state index contributed by atoms with van der Waals surface area (Å²) < 4.78 is 0. The molecule has 0 radical (unpaired) electrons. The van der Waals surface area contributed by atoms with Crippen LogP contribution in [0.25, 0.3) is 0 Å². The van der Waals surface area contributed by atoms with Gasteiger partial charge < -0.3 is 16.0 Å². The van der Waals surface area contributed by atoms with Crippen LogP contribution in [0.15, 0.2) is 0 Å². The van der Waals surface area contributed by atoms with Crippen LogP contribution in [0.3, 0.4) is 0 Å². The van der Waals surface area contributed by atoms with Gasteiger partial charge in [-0.25, -0.2) is 0 Å². The van der Waals surface area contributed by atoms with Crippen LogP contribution in [0.5, 0.6) is 0 Å². The first-order valence-corrected chi connectivity index (χ1v) is 6.32. The molecule has 17 heavy (non-hydrogen) atoms. The van der Waals surface area contributed by atoms with Gasteiger partial charge in [-0.3, -0.25) is 9.59 Å². The second-order valence-corrected chi connectivity index (χ2v) is 4.93. The van der Waals surface area contributed by atoms with Gasteiger partial charge in [-0.1, -0.05) is 0 Å². The van der Waals surface area contributed by atoms with Crippen LogP contribution in [0, 0.1) is 0 Å². The normalized spacial score (nSPS) is 16.7. The van der Waals surface area contributed by atoms with Crippen molar-refractivity contribution in [1.82, 2.24) is 16.0 Å². The Hall–Kier alpha value is -1.10. The molecule has 3 N–H and O–H groups in total. The maximum absolute atomic E-state index is 11.6. The Bertz CT molecular complexity index is 275. The molecule has 0 aromatic carbocycles. The fourth-order valence-corrected chi connectivity index (χ4v) is 1.44. The molecule has 0 bridgehead atoms. The third kappa shape index (κ3) is 6.26. The van der Waals surface area contributed by atoms with Crippen LogP contribution in [0.4, 0.5) is 0 Å². The van der Waals surface area contributed by atoms with Gasteiger partial charge in [0.25, 0.3) is 0 Å². The SMILES string of the molecule is CC(C)NC(=O)CCNC(C)C(=O)NC1CC1. The van der Waals surface area contributed by atoms with Gasteiger partial charge in [0, 0.05) is 25.0 Å². The molecule has 5 heteroatoms.